The van der Waals surface area contributed by atoms with Gasteiger partial charge in [0.2, 0.25) is 0 Å². The predicted octanol–water partition coefficient (Wildman–Crippen LogP) is 1.15. The van der Waals surface area contributed by atoms with Crippen molar-refractivity contribution < 1.29 is 0 Å². The Morgan fingerprint density at radius 3 is 2.56 bits per heavy atom. The van der Waals surface area contributed by atoms with Gasteiger partial charge in [0.1, 0.15) is 5.54 Å². The Bertz CT molecular complexity index is 284. The Morgan fingerprint density at radius 2 is 2.00 bits per heavy atom. The van der Waals surface area contributed by atoms with Crippen LogP contribution in [0.1, 0.15) is 25.7 Å². The maximum absolute atomic E-state index is 9.40. The second-order valence-corrected chi connectivity index (χ2v) is 5.82. The molecular weight excluding hydrogens is 224 g/mol. The minimum atomic E-state index is -0.262. The summed E-state index contributed by atoms with van der Waals surface area (Å²) in [5.74, 6) is 0.509. The molecule has 0 spiro atoms. The van der Waals surface area contributed by atoms with Crippen molar-refractivity contribution >= 4 is 0 Å². The van der Waals surface area contributed by atoms with Crippen molar-refractivity contribution in [2.45, 2.75) is 31.2 Å². The summed E-state index contributed by atoms with van der Waals surface area (Å²) >= 11 is 0. The maximum atomic E-state index is 9.40. The number of nitriles is 1. The van der Waals surface area contributed by atoms with E-state index in [-0.39, 0.29) is 5.54 Å². The zero-order valence-corrected chi connectivity index (χ0v) is 12.4. The molecule has 0 amide bonds. The average molecular weight is 252 g/mol. The molecule has 1 aliphatic carbocycles. The van der Waals surface area contributed by atoms with Gasteiger partial charge in [0.15, 0.2) is 0 Å². The van der Waals surface area contributed by atoms with E-state index in [1.807, 2.05) is 7.05 Å². The number of nitrogens with zero attached hydrogens (tertiary/aromatic N) is 3. The Labute approximate surface area is 112 Å². The Morgan fingerprint density at radius 1 is 1.28 bits per heavy atom. The van der Waals surface area contributed by atoms with Crippen LogP contribution in [-0.2, 0) is 0 Å². The number of hydrogen-bond donors (Lipinski definition) is 1. The van der Waals surface area contributed by atoms with Crippen LogP contribution in [0.3, 0.4) is 0 Å². The molecule has 0 heterocycles. The molecule has 1 fully saturated rings. The number of likely N-dealkylation sites (N-methyl/N-ethyl adjacent to an activating group) is 2. The van der Waals surface area contributed by atoms with Gasteiger partial charge in [0.25, 0.3) is 0 Å². The summed E-state index contributed by atoms with van der Waals surface area (Å²) in [5.41, 5.74) is -0.262. The summed E-state index contributed by atoms with van der Waals surface area (Å²) in [7, 11) is 8.31. The molecular formula is C14H28N4. The summed E-state index contributed by atoms with van der Waals surface area (Å²) in [5, 5.41) is 12.7. The summed E-state index contributed by atoms with van der Waals surface area (Å²) in [4.78, 5) is 4.58. The molecule has 0 aromatic carbocycles. The van der Waals surface area contributed by atoms with Crippen molar-refractivity contribution in [2.24, 2.45) is 5.92 Å². The van der Waals surface area contributed by atoms with E-state index in [4.69, 9.17) is 0 Å². The Kier molecular flexibility index (Phi) is 6.07. The van der Waals surface area contributed by atoms with Gasteiger partial charge in [-0.1, -0.05) is 6.42 Å². The number of rotatable bonds is 7. The van der Waals surface area contributed by atoms with Crippen LogP contribution in [0, 0.1) is 17.2 Å². The van der Waals surface area contributed by atoms with Crippen LogP contribution in [0.25, 0.3) is 0 Å². The summed E-state index contributed by atoms with van der Waals surface area (Å²) < 4.78 is 0. The van der Waals surface area contributed by atoms with Crippen molar-refractivity contribution in [2.75, 3.05) is 47.8 Å². The minimum Gasteiger partial charge on any atom is -0.308 e. The van der Waals surface area contributed by atoms with E-state index in [2.05, 4.69) is 42.3 Å². The van der Waals surface area contributed by atoms with Crippen LogP contribution in [0.5, 0.6) is 0 Å². The molecule has 2 atom stereocenters. The van der Waals surface area contributed by atoms with E-state index in [1.54, 1.807) is 0 Å². The summed E-state index contributed by atoms with van der Waals surface area (Å²) in [6.07, 6.45) is 4.50. The maximum Gasteiger partial charge on any atom is 0.109 e. The van der Waals surface area contributed by atoms with E-state index in [0.717, 1.165) is 32.5 Å². The zero-order valence-electron chi connectivity index (χ0n) is 12.4. The lowest BCUT2D eigenvalue weighted by atomic mass is 9.86. The predicted molar refractivity (Wildman–Crippen MR) is 75.4 cm³/mol. The molecule has 1 aliphatic rings. The lowest BCUT2D eigenvalue weighted by molar-refractivity contribution is 0.239. The highest BCUT2D eigenvalue weighted by atomic mass is 15.1. The minimum absolute atomic E-state index is 0.262. The molecule has 18 heavy (non-hydrogen) atoms. The molecule has 1 rings (SSSR count). The Balaban J connectivity index is 2.36. The second kappa shape index (κ2) is 7.08. The van der Waals surface area contributed by atoms with Crippen molar-refractivity contribution in [3.8, 4) is 6.07 Å². The van der Waals surface area contributed by atoms with Crippen LogP contribution in [-0.4, -0.2) is 63.2 Å². The van der Waals surface area contributed by atoms with Crippen LogP contribution < -0.4 is 5.32 Å². The molecule has 1 N–H and O–H groups in total. The van der Waals surface area contributed by atoms with Crippen molar-refractivity contribution in [3.63, 3.8) is 0 Å². The largest absolute Gasteiger partial charge is 0.308 e. The van der Waals surface area contributed by atoms with Gasteiger partial charge >= 0.3 is 0 Å². The molecule has 0 bridgehead atoms. The highest BCUT2D eigenvalue weighted by molar-refractivity contribution is 5.13. The highest BCUT2D eigenvalue weighted by Crippen LogP contribution is 2.37. The van der Waals surface area contributed by atoms with Crippen molar-refractivity contribution in [1.29, 1.82) is 5.26 Å². The van der Waals surface area contributed by atoms with E-state index >= 15 is 0 Å². The number of nitrogens with one attached hydrogen (secondary N) is 1. The third kappa shape index (κ3) is 3.94. The lowest BCUT2D eigenvalue weighted by Gasteiger charge is -2.30. The van der Waals surface area contributed by atoms with E-state index in [0.29, 0.717) is 5.92 Å². The molecule has 104 valence electrons. The summed E-state index contributed by atoms with van der Waals surface area (Å²) in [6.45, 7) is 3.28. The highest BCUT2D eigenvalue weighted by Gasteiger charge is 2.41. The monoisotopic (exact) mass is 252 g/mol. The first-order valence-electron chi connectivity index (χ1n) is 6.97. The first-order chi connectivity index (χ1) is 8.54. The van der Waals surface area contributed by atoms with E-state index in [1.165, 1.54) is 12.8 Å². The van der Waals surface area contributed by atoms with Crippen LogP contribution in [0.2, 0.25) is 0 Å². The average Bonchev–Trinajstić information content (AvgIpc) is 2.77. The second-order valence-electron chi connectivity index (χ2n) is 5.82. The fraction of sp³-hybridized carbons (Fsp3) is 0.929. The smallest absolute Gasteiger partial charge is 0.109 e. The molecule has 0 radical (unpaired) electrons. The van der Waals surface area contributed by atoms with Crippen LogP contribution >= 0.6 is 0 Å². The third-order valence-corrected chi connectivity index (χ3v) is 4.25. The molecule has 2 unspecified atom stereocenters. The van der Waals surface area contributed by atoms with Gasteiger partial charge in [-0.25, -0.2) is 0 Å². The molecule has 0 aliphatic heterocycles. The van der Waals surface area contributed by atoms with Crippen LogP contribution in [0.4, 0.5) is 0 Å². The topological polar surface area (TPSA) is 42.3 Å². The van der Waals surface area contributed by atoms with E-state index in [9.17, 15) is 5.26 Å². The molecule has 1 saturated carbocycles. The quantitative estimate of drug-likeness (QED) is 0.738. The van der Waals surface area contributed by atoms with Gasteiger partial charge < -0.3 is 15.1 Å². The Hall–Kier alpha value is -0.630. The summed E-state index contributed by atoms with van der Waals surface area (Å²) in [6, 6.07) is 2.51. The molecule has 0 saturated heterocycles. The van der Waals surface area contributed by atoms with Crippen molar-refractivity contribution in [1.82, 2.24) is 15.1 Å². The number of hydrogen-bond acceptors (Lipinski definition) is 4. The lowest BCUT2D eigenvalue weighted by Crippen LogP contribution is -2.45. The van der Waals surface area contributed by atoms with Gasteiger partial charge in [0.05, 0.1) is 6.07 Å². The van der Waals surface area contributed by atoms with Gasteiger partial charge in [-0.3, -0.25) is 0 Å². The van der Waals surface area contributed by atoms with Gasteiger partial charge in [-0.2, -0.15) is 5.26 Å². The van der Waals surface area contributed by atoms with Gasteiger partial charge in [-0.15, -0.1) is 0 Å². The SMILES string of the molecule is CNC1(C#N)CCCC1CCN(C)CCN(C)C. The van der Waals surface area contributed by atoms with Crippen molar-refractivity contribution in [3.05, 3.63) is 0 Å². The zero-order chi connectivity index (χ0) is 13.6. The molecule has 0 aromatic heterocycles. The van der Waals surface area contributed by atoms with Gasteiger partial charge in [-0.05, 0) is 59.9 Å². The van der Waals surface area contributed by atoms with Crippen LogP contribution in [0.15, 0.2) is 0 Å². The molecule has 4 nitrogen and oxygen atoms in total. The third-order valence-electron chi connectivity index (χ3n) is 4.25. The van der Waals surface area contributed by atoms with E-state index < -0.39 is 0 Å². The van der Waals surface area contributed by atoms with Gasteiger partial charge in [0, 0.05) is 13.1 Å². The fourth-order valence-corrected chi connectivity index (χ4v) is 2.86. The molecule has 0 aromatic rings. The molecule has 4 heteroatoms. The first kappa shape index (κ1) is 15.4. The normalized spacial score (nSPS) is 27.9. The fourth-order valence-electron chi connectivity index (χ4n) is 2.86. The standard InChI is InChI=1S/C14H28N4/c1-16-14(12-15)8-5-6-13(14)7-9-18(4)11-10-17(2)3/h13,16H,5-11H2,1-4H3. The first-order valence-corrected chi connectivity index (χ1v) is 6.97.